The van der Waals surface area contributed by atoms with E-state index in [-0.39, 0.29) is 0 Å². The Labute approximate surface area is 126 Å². The minimum Gasteiger partial charge on any atom is -0.388 e. The number of rotatable bonds is 3. The Balaban J connectivity index is 2.67. The molecule has 2 rings (SSSR count). The Morgan fingerprint density at radius 2 is 2.06 bits per heavy atom. The third kappa shape index (κ3) is 2.88. The summed E-state index contributed by atoms with van der Waals surface area (Å²) in [6.07, 6.45) is 0.965. The number of nitrogens with one attached hydrogen (secondary N) is 1. The molecule has 1 N–H and O–H groups in total. The number of hydrogen-bond acceptors (Lipinski definition) is 2. The highest BCUT2D eigenvalue weighted by molar-refractivity contribution is 14.1. The van der Waals surface area contributed by atoms with Crippen LogP contribution in [0, 0.1) is 9.49 Å². The van der Waals surface area contributed by atoms with Crippen LogP contribution in [-0.4, -0.2) is 12.0 Å². The molecule has 0 spiro atoms. The summed E-state index contributed by atoms with van der Waals surface area (Å²) in [4.78, 5) is 4.69. The fourth-order valence-electron chi connectivity index (χ4n) is 2.03. The molecule has 0 aliphatic rings. The molecule has 0 saturated carbocycles. The van der Waals surface area contributed by atoms with Crippen molar-refractivity contribution in [3.63, 3.8) is 0 Å². The van der Waals surface area contributed by atoms with E-state index in [9.17, 15) is 0 Å². The predicted octanol–water partition coefficient (Wildman–Crippen LogP) is 4.73. The van der Waals surface area contributed by atoms with Crippen LogP contribution in [0.25, 0.3) is 10.9 Å². The molecule has 1 aromatic heterocycles. The van der Waals surface area contributed by atoms with E-state index >= 15 is 0 Å². The number of nitrogens with zero attached hydrogens (tertiary/aromatic N) is 1. The van der Waals surface area contributed by atoms with Crippen LogP contribution in [0.5, 0.6) is 0 Å². The fraction of sp³-hybridized carbons (Fsp3) is 0.357. The van der Waals surface area contributed by atoms with Crippen LogP contribution < -0.4 is 5.32 Å². The Bertz CT molecular complexity index is 582. The average Bonchev–Trinajstić information content (AvgIpc) is 2.28. The smallest absolute Gasteiger partial charge is 0.0912 e. The Hall–Kier alpha value is -0.550. The van der Waals surface area contributed by atoms with Crippen molar-refractivity contribution in [2.24, 2.45) is 5.92 Å². The highest BCUT2D eigenvalue weighted by Gasteiger charge is 2.10. The predicted molar refractivity (Wildman–Crippen MR) is 87.6 cm³/mol. The van der Waals surface area contributed by atoms with E-state index in [0.717, 1.165) is 37.3 Å². The van der Waals surface area contributed by atoms with E-state index in [1.54, 1.807) is 0 Å². The van der Waals surface area contributed by atoms with Gasteiger partial charge in [-0.05, 0) is 53.1 Å². The lowest BCUT2D eigenvalue weighted by Crippen LogP contribution is -2.01. The number of benzene rings is 1. The summed E-state index contributed by atoms with van der Waals surface area (Å²) in [6.45, 7) is 4.39. The molecule has 2 nitrogen and oxygen atoms in total. The van der Waals surface area contributed by atoms with Crippen LogP contribution in [0.3, 0.4) is 0 Å². The van der Waals surface area contributed by atoms with Crippen molar-refractivity contribution in [2.45, 2.75) is 20.3 Å². The van der Waals surface area contributed by atoms with Crippen molar-refractivity contribution in [1.82, 2.24) is 4.98 Å². The molecule has 0 amide bonds. The molecule has 96 valence electrons. The number of fused-ring (bicyclic) bond motifs is 1. The molecule has 0 aliphatic heterocycles. The molecule has 1 aromatic carbocycles. The van der Waals surface area contributed by atoms with Crippen LogP contribution in [0.15, 0.2) is 18.2 Å². The number of halogens is 2. The first-order valence-electron chi connectivity index (χ1n) is 5.97. The van der Waals surface area contributed by atoms with Crippen LogP contribution >= 0.6 is 34.2 Å². The van der Waals surface area contributed by atoms with Crippen LogP contribution in [0.1, 0.15) is 19.5 Å². The maximum absolute atomic E-state index is 6.30. The van der Waals surface area contributed by atoms with E-state index in [0.29, 0.717) is 5.92 Å². The molecule has 0 aliphatic carbocycles. The maximum atomic E-state index is 6.30. The van der Waals surface area contributed by atoms with Gasteiger partial charge in [0.2, 0.25) is 0 Å². The second-order valence-electron chi connectivity index (χ2n) is 4.79. The molecule has 0 fully saturated rings. The van der Waals surface area contributed by atoms with Crippen molar-refractivity contribution in [2.75, 3.05) is 12.4 Å². The maximum Gasteiger partial charge on any atom is 0.0912 e. The third-order valence-electron chi connectivity index (χ3n) is 2.77. The Kier molecular flexibility index (Phi) is 4.33. The monoisotopic (exact) mass is 374 g/mol. The summed E-state index contributed by atoms with van der Waals surface area (Å²) in [5.74, 6) is 0.585. The standard InChI is InChI=1S/C14H16ClIN2/c1-8(2)4-10-7-13(17-3)11-5-9(16)6-12(15)14(11)18-10/h5-8H,4H2,1-3H3,(H,17,18). The molecule has 0 unspecified atom stereocenters. The van der Waals surface area contributed by atoms with E-state index in [4.69, 9.17) is 11.6 Å². The van der Waals surface area contributed by atoms with Gasteiger partial charge < -0.3 is 5.32 Å². The molecular weight excluding hydrogens is 359 g/mol. The molecule has 0 bridgehead atoms. The van der Waals surface area contributed by atoms with Crippen LogP contribution in [0.2, 0.25) is 5.02 Å². The summed E-state index contributed by atoms with van der Waals surface area (Å²) >= 11 is 8.58. The normalized spacial score (nSPS) is 11.2. The molecule has 1 heterocycles. The van der Waals surface area contributed by atoms with Crippen LogP contribution in [0.4, 0.5) is 5.69 Å². The summed E-state index contributed by atoms with van der Waals surface area (Å²) in [7, 11) is 1.93. The van der Waals surface area contributed by atoms with Crippen molar-refractivity contribution >= 4 is 50.8 Å². The minimum absolute atomic E-state index is 0.585. The van der Waals surface area contributed by atoms with Gasteiger partial charge in [-0.1, -0.05) is 25.4 Å². The second kappa shape index (κ2) is 5.61. The number of pyridine rings is 1. The lowest BCUT2D eigenvalue weighted by atomic mass is 10.1. The third-order valence-corrected chi connectivity index (χ3v) is 3.68. The number of hydrogen-bond donors (Lipinski definition) is 1. The van der Waals surface area contributed by atoms with Gasteiger partial charge in [0.1, 0.15) is 0 Å². The number of aromatic nitrogens is 1. The van der Waals surface area contributed by atoms with E-state index < -0.39 is 0 Å². The summed E-state index contributed by atoms with van der Waals surface area (Å²) in [5.41, 5.74) is 3.07. The van der Waals surface area contributed by atoms with Gasteiger partial charge in [-0.3, -0.25) is 4.98 Å². The number of anilines is 1. The summed E-state index contributed by atoms with van der Waals surface area (Å²) < 4.78 is 1.13. The first-order valence-corrected chi connectivity index (χ1v) is 7.43. The minimum atomic E-state index is 0.585. The Morgan fingerprint density at radius 3 is 2.67 bits per heavy atom. The zero-order valence-corrected chi connectivity index (χ0v) is 13.6. The molecule has 18 heavy (non-hydrogen) atoms. The van der Waals surface area contributed by atoms with Crippen molar-refractivity contribution in [3.8, 4) is 0 Å². The van der Waals surface area contributed by atoms with E-state index in [2.05, 4.69) is 58.9 Å². The van der Waals surface area contributed by atoms with Gasteiger partial charge in [0.15, 0.2) is 0 Å². The van der Waals surface area contributed by atoms with Gasteiger partial charge in [-0.25, -0.2) is 0 Å². The van der Waals surface area contributed by atoms with Gasteiger partial charge >= 0.3 is 0 Å². The summed E-state index contributed by atoms with van der Waals surface area (Å²) in [5, 5.41) is 5.04. The highest BCUT2D eigenvalue weighted by atomic mass is 127. The fourth-order valence-corrected chi connectivity index (χ4v) is 3.10. The van der Waals surface area contributed by atoms with Gasteiger partial charge in [0.25, 0.3) is 0 Å². The molecule has 2 aromatic rings. The largest absolute Gasteiger partial charge is 0.388 e. The quantitative estimate of drug-likeness (QED) is 0.785. The first-order chi connectivity index (χ1) is 8.51. The lowest BCUT2D eigenvalue weighted by Gasteiger charge is -2.12. The Morgan fingerprint density at radius 1 is 1.33 bits per heavy atom. The molecule has 0 radical (unpaired) electrons. The van der Waals surface area contributed by atoms with E-state index in [1.807, 2.05) is 13.1 Å². The first kappa shape index (κ1) is 13.9. The zero-order chi connectivity index (χ0) is 13.3. The topological polar surface area (TPSA) is 24.9 Å². The van der Waals surface area contributed by atoms with E-state index in [1.165, 1.54) is 0 Å². The molecular formula is C14H16ClIN2. The molecule has 0 atom stereocenters. The van der Waals surface area contributed by atoms with Gasteiger partial charge in [0.05, 0.1) is 10.5 Å². The van der Waals surface area contributed by atoms with Gasteiger partial charge in [-0.15, -0.1) is 0 Å². The van der Waals surface area contributed by atoms with Crippen molar-refractivity contribution in [1.29, 1.82) is 0 Å². The molecule has 4 heteroatoms. The average molecular weight is 375 g/mol. The van der Waals surface area contributed by atoms with Gasteiger partial charge in [-0.2, -0.15) is 0 Å². The van der Waals surface area contributed by atoms with Crippen molar-refractivity contribution < 1.29 is 0 Å². The van der Waals surface area contributed by atoms with Crippen molar-refractivity contribution in [3.05, 3.63) is 32.5 Å². The van der Waals surface area contributed by atoms with Crippen LogP contribution in [-0.2, 0) is 6.42 Å². The van der Waals surface area contributed by atoms with Gasteiger partial charge in [0, 0.05) is 27.4 Å². The highest BCUT2D eigenvalue weighted by Crippen LogP contribution is 2.31. The lowest BCUT2D eigenvalue weighted by molar-refractivity contribution is 0.637. The second-order valence-corrected chi connectivity index (χ2v) is 6.45. The summed E-state index contributed by atoms with van der Waals surface area (Å²) in [6, 6.07) is 6.19. The SMILES string of the molecule is CNc1cc(CC(C)C)nc2c(Cl)cc(I)cc12. The molecule has 0 saturated heterocycles. The zero-order valence-electron chi connectivity index (χ0n) is 10.7.